The smallest absolute Gasteiger partial charge is 0.183 e. The lowest BCUT2D eigenvalue weighted by Crippen LogP contribution is -2.04. The number of methoxy groups -OCH3 is 1. The summed E-state index contributed by atoms with van der Waals surface area (Å²) in [6.07, 6.45) is 1.62. The molecule has 2 heterocycles. The molecule has 2 N–H and O–H groups in total. The summed E-state index contributed by atoms with van der Waals surface area (Å²) < 4.78 is 5.21. The molecule has 0 saturated carbocycles. The summed E-state index contributed by atoms with van der Waals surface area (Å²) in [7, 11) is 1.66. The molecule has 3 aromatic rings. The normalized spacial score (nSPS) is 10.7. The van der Waals surface area contributed by atoms with E-state index in [0.29, 0.717) is 18.0 Å². The lowest BCUT2D eigenvalue weighted by Gasteiger charge is -2.08. The Labute approximate surface area is 116 Å². The van der Waals surface area contributed by atoms with E-state index >= 15 is 0 Å². The first-order valence-electron chi connectivity index (χ1n) is 6.31. The third kappa shape index (κ3) is 2.40. The number of imidazole rings is 1. The highest BCUT2D eigenvalue weighted by Gasteiger charge is 2.07. The number of nitrogens with one attached hydrogen (secondary N) is 2. The van der Waals surface area contributed by atoms with Gasteiger partial charge in [0, 0.05) is 6.54 Å². The highest BCUT2D eigenvalue weighted by molar-refractivity contribution is 5.82. The van der Waals surface area contributed by atoms with Gasteiger partial charge in [-0.25, -0.2) is 15.0 Å². The van der Waals surface area contributed by atoms with Crippen LogP contribution in [0.4, 0.5) is 5.82 Å². The van der Waals surface area contributed by atoms with Crippen molar-refractivity contribution in [2.75, 3.05) is 12.4 Å². The second-order valence-electron chi connectivity index (χ2n) is 4.43. The molecule has 102 valence electrons. The van der Waals surface area contributed by atoms with Crippen molar-refractivity contribution in [1.29, 1.82) is 0 Å². The molecule has 0 fully saturated rings. The van der Waals surface area contributed by atoms with Crippen molar-refractivity contribution < 1.29 is 4.74 Å². The summed E-state index contributed by atoms with van der Waals surface area (Å²) in [6.45, 7) is 2.51. The molecule has 0 bridgehead atoms. The number of aromatic nitrogens is 4. The monoisotopic (exact) mass is 269 g/mol. The minimum Gasteiger partial charge on any atom is -0.497 e. The Kier molecular flexibility index (Phi) is 3.20. The predicted octanol–water partition coefficient (Wildman–Crippen LogP) is 2.28. The summed E-state index contributed by atoms with van der Waals surface area (Å²) in [5, 5.41) is 3.30. The van der Waals surface area contributed by atoms with Crippen molar-refractivity contribution in [2.24, 2.45) is 0 Å². The van der Waals surface area contributed by atoms with Crippen LogP contribution >= 0.6 is 0 Å². The largest absolute Gasteiger partial charge is 0.497 e. The maximum Gasteiger partial charge on any atom is 0.183 e. The van der Waals surface area contributed by atoms with E-state index in [1.54, 1.807) is 13.4 Å². The number of hydrogen-bond acceptors (Lipinski definition) is 5. The number of hydrogen-bond donors (Lipinski definition) is 2. The van der Waals surface area contributed by atoms with Gasteiger partial charge in [-0.1, -0.05) is 12.1 Å². The van der Waals surface area contributed by atoms with Crippen LogP contribution < -0.4 is 10.1 Å². The second-order valence-corrected chi connectivity index (χ2v) is 4.43. The van der Waals surface area contributed by atoms with Crippen LogP contribution in [0, 0.1) is 6.92 Å². The first-order chi connectivity index (χ1) is 9.76. The molecule has 2 aromatic heterocycles. The predicted molar refractivity (Wildman–Crippen MR) is 76.7 cm³/mol. The standard InChI is InChI=1S/C14H15N5O/c1-9-18-13(12-14(19-9)17-8-16-12)15-7-10-4-3-5-11(6-10)20-2/h3-6,8H,7H2,1-2H3,(H2,15,16,17,18,19). The summed E-state index contributed by atoms with van der Waals surface area (Å²) in [5.41, 5.74) is 2.61. The van der Waals surface area contributed by atoms with Gasteiger partial charge in [-0.05, 0) is 24.6 Å². The maximum atomic E-state index is 5.21. The van der Waals surface area contributed by atoms with Crippen LogP contribution in [0.15, 0.2) is 30.6 Å². The quantitative estimate of drug-likeness (QED) is 0.760. The van der Waals surface area contributed by atoms with E-state index < -0.39 is 0 Å². The molecule has 3 rings (SSSR count). The number of rotatable bonds is 4. The minimum atomic E-state index is 0.655. The lowest BCUT2D eigenvalue weighted by molar-refractivity contribution is 0.414. The number of anilines is 1. The molecule has 6 nitrogen and oxygen atoms in total. The summed E-state index contributed by atoms with van der Waals surface area (Å²) in [4.78, 5) is 15.9. The van der Waals surface area contributed by atoms with E-state index in [1.807, 2.05) is 31.2 Å². The Morgan fingerprint density at radius 2 is 2.20 bits per heavy atom. The molecule has 0 saturated heterocycles. The molecule has 0 atom stereocenters. The zero-order valence-corrected chi connectivity index (χ0v) is 11.3. The Bertz CT molecular complexity index is 737. The highest BCUT2D eigenvalue weighted by atomic mass is 16.5. The Balaban J connectivity index is 1.84. The van der Waals surface area contributed by atoms with Crippen LogP contribution in [0.25, 0.3) is 11.2 Å². The number of benzene rings is 1. The number of aryl methyl sites for hydroxylation is 1. The minimum absolute atomic E-state index is 0.655. The van der Waals surface area contributed by atoms with Crippen molar-refractivity contribution in [1.82, 2.24) is 19.9 Å². The van der Waals surface area contributed by atoms with E-state index in [2.05, 4.69) is 25.3 Å². The van der Waals surface area contributed by atoms with Gasteiger partial charge in [0.1, 0.15) is 17.1 Å². The molecular formula is C14H15N5O. The fourth-order valence-electron chi connectivity index (χ4n) is 2.04. The molecular weight excluding hydrogens is 254 g/mol. The third-order valence-electron chi connectivity index (χ3n) is 2.99. The molecule has 6 heteroatoms. The fourth-order valence-corrected chi connectivity index (χ4v) is 2.04. The first kappa shape index (κ1) is 12.4. The lowest BCUT2D eigenvalue weighted by atomic mass is 10.2. The number of aromatic amines is 1. The van der Waals surface area contributed by atoms with Crippen LogP contribution in [-0.2, 0) is 6.54 Å². The number of H-pyrrole nitrogens is 1. The topological polar surface area (TPSA) is 75.7 Å². The first-order valence-corrected chi connectivity index (χ1v) is 6.31. The Morgan fingerprint density at radius 3 is 3.05 bits per heavy atom. The number of nitrogens with zero attached hydrogens (tertiary/aromatic N) is 3. The van der Waals surface area contributed by atoms with E-state index in [0.717, 1.165) is 22.6 Å². The van der Waals surface area contributed by atoms with Crippen LogP contribution in [0.1, 0.15) is 11.4 Å². The van der Waals surface area contributed by atoms with Crippen molar-refractivity contribution in [3.63, 3.8) is 0 Å². The average molecular weight is 269 g/mol. The summed E-state index contributed by atoms with van der Waals surface area (Å²) in [5.74, 6) is 2.29. The SMILES string of the molecule is COc1cccc(CNc2nc(C)nc3nc[nH]c23)c1. The summed E-state index contributed by atoms with van der Waals surface area (Å²) >= 11 is 0. The zero-order valence-electron chi connectivity index (χ0n) is 11.3. The molecule has 1 aromatic carbocycles. The molecule has 0 spiro atoms. The zero-order chi connectivity index (χ0) is 13.9. The van der Waals surface area contributed by atoms with Crippen molar-refractivity contribution in [3.05, 3.63) is 42.0 Å². The Morgan fingerprint density at radius 1 is 1.30 bits per heavy atom. The molecule has 0 aliphatic carbocycles. The van der Waals surface area contributed by atoms with E-state index in [9.17, 15) is 0 Å². The van der Waals surface area contributed by atoms with E-state index in [4.69, 9.17) is 4.74 Å². The van der Waals surface area contributed by atoms with Crippen LogP contribution in [0.2, 0.25) is 0 Å². The van der Waals surface area contributed by atoms with E-state index in [-0.39, 0.29) is 0 Å². The Hall–Kier alpha value is -2.63. The van der Waals surface area contributed by atoms with Crippen molar-refractivity contribution in [3.8, 4) is 5.75 Å². The molecule has 0 aliphatic heterocycles. The third-order valence-corrected chi connectivity index (χ3v) is 2.99. The second kappa shape index (κ2) is 5.16. The van der Waals surface area contributed by atoms with Crippen LogP contribution in [0.5, 0.6) is 5.75 Å². The van der Waals surface area contributed by atoms with Gasteiger partial charge in [-0.15, -0.1) is 0 Å². The van der Waals surface area contributed by atoms with Gasteiger partial charge in [-0.3, -0.25) is 0 Å². The molecule has 0 aliphatic rings. The number of ether oxygens (including phenoxy) is 1. The van der Waals surface area contributed by atoms with Crippen molar-refractivity contribution >= 4 is 17.0 Å². The van der Waals surface area contributed by atoms with Gasteiger partial charge < -0.3 is 15.0 Å². The van der Waals surface area contributed by atoms with Gasteiger partial charge in [0.05, 0.1) is 13.4 Å². The fraction of sp³-hybridized carbons (Fsp3) is 0.214. The van der Waals surface area contributed by atoms with Crippen LogP contribution in [-0.4, -0.2) is 27.0 Å². The molecule has 0 unspecified atom stereocenters. The van der Waals surface area contributed by atoms with Gasteiger partial charge in [0.15, 0.2) is 11.5 Å². The van der Waals surface area contributed by atoms with Gasteiger partial charge in [0.25, 0.3) is 0 Å². The number of fused-ring (bicyclic) bond motifs is 1. The molecule has 0 amide bonds. The van der Waals surface area contributed by atoms with E-state index in [1.165, 1.54) is 0 Å². The summed E-state index contributed by atoms with van der Waals surface area (Å²) in [6, 6.07) is 7.91. The molecule has 0 radical (unpaired) electrons. The van der Waals surface area contributed by atoms with Crippen LogP contribution in [0.3, 0.4) is 0 Å². The van der Waals surface area contributed by atoms with Crippen molar-refractivity contribution in [2.45, 2.75) is 13.5 Å². The average Bonchev–Trinajstić information content (AvgIpc) is 2.93. The maximum absolute atomic E-state index is 5.21. The van der Waals surface area contributed by atoms with Gasteiger partial charge in [0.2, 0.25) is 0 Å². The van der Waals surface area contributed by atoms with Gasteiger partial charge >= 0.3 is 0 Å². The van der Waals surface area contributed by atoms with Gasteiger partial charge in [-0.2, -0.15) is 0 Å². The molecule has 20 heavy (non-hydrogen) atoms. The highest BCUT2D eigenvalue weighted by Crippen LogP contribution is 2.18.